The number of rotatable bonds is 4. The second kappa shape index (κ2) is 7.05. The van der Waals surface area contributed by atoms with Crippen LogP contribution in [-0.2, 0) is 14.2 Å². The van der Waals surface area contributed by atoms with E-state index in [-0.39, 0.29) is 23.2 Å². The Morgan fingerprint density at radius 2 is 1.80 bits per heavy atom. The van der Waals surface area contributed by atoms with E-state index in [1.807, 2.05) is 20.8 Å². The van der Waals surface area contributed by atoms with Crippen molar-refractivity contribution in [3.05, 3.63) is 33.1 Å². The van der Waals surface area contributed by atoms with Gasteiger partial charge in [0.1, 0.15) is 12.2 Å². The van der Waals surface area contributed by atoms with Crippen LogP contribution in [-0.4, -0.2) is 40.6 Å². The molecular formula is C18H30N2O5. The van der Waals surface area contributed by atoms with Gasteiger partial charge in [-0.2, -0.15) is 0 Å². The Morgan fingerprint density at radius 1 is 1.16 bits per heavy atom. The maximum absolute atomic E-state index is 12.2. The number of aromatic amines is 1. The van der Waals surface area contributed by atoms with Crippen molar-refractivity contribution in [1.82, 2.24) is 9.55 Å². The van der Waals surface area contributed by atoms with Gasteiger partial charge in [0.05, 0.1) is 11.7 Å². The summed E-state index contributed by atoms with van der Waals surface area (Å²) in [4.78, 5) is 25.8. The quantitative estimate of drug-likeness (QED) is 0.895. The van der Waals surface area contributed by atoms with E-state index in [9.17, 15) is 9.59 Å². The summed E-state index contributed by atoms with van der Waals surface area (Å²) >= 11 is 0. The van der Waals surface area contributed by atoms with Gasteiger partial charge >= 0.3 is 5.69 Å². The molecule has 2 heterocycles. The van der Waals surface area contributed by atoms with Crippen LogP contribution in [0.1, 0.15) is 54.2 Å². The molecule has 1 aromatic rings. The summed E-state index contributed by atoms with van der Waals surface area (Å²) in [6.07, 6.45) is 0.513. The van der Waals surface area contributed by atoms with Crippen LogP contribution in [0, 0.1) is 5.41 Å². The molecule has 1 fully saturated rings. The van der Waals surface area contributed by atoms with E-state index in [0.717, 1.165) is 6.42 Å². The van der Waals surface area contributed by atoms with E-state index < -0.39 is 23.6 Å². The van der Waals surface area contributed by atoms with Crippen molar-refractivity contribution in [3.63, 3.8) is 0 Å². The number of nitrogens with zero attached hydrogens (tertiary/aromatic N) is 1. The van der Waals surface area contributed by atoms with E-state index >= 15 is 0 Å². The van der Waals surface area contributed by atoms with E-state index in [0.29, 0.717) is 0 Å². The number of methoxy groups -OCH3 is 1. The van der Waals surface area contributed by atoms with Gasteiger partial charge in [0.25, 0.3) is 5.56 Å². The van der Waals surface area contributed by atoms with Gasteiger partial charge < -0.3 is 14.2 Å². The van der Waals surface area contributed by atoms with Crippen molar-refractivity contribution in [2.24, 2.45) is 5.41 Å². The summed E-state index contributed by atoms with van der Waals surface area (Å²) in [5.41, 5.74) is -1.33. The number of hydrogen-bond donors (Lipinski definition) is 1. The summed E-state index contributed by atoms with van der Waals surface area (Å²) in [5, 5.41) is 0. The lowest BCUT2D eigenvalue weighted by atomic mass is 9.87. The van der Waals surface area contributed by atoms with Crippen LogP contribution in [0.25, 0.3) is 0 Å². The Kier molecular flexibility index (Phi) is 5.61. The molecule has 1 saturated heterocycles. The largest absolute Gasteiger partial charge is 0.374 e. The van der Waals surface area contributed by atoms with Crippen molar-refractivity contribution in [1.29, 1.82) is 0 Å². The fourth-order valence-corrected chi connectivity index (χ4v) is 3.13. The third-order valence-corrected chi connectivity index (χ3v) is 3.99. The van der Waals surface area contributed by atoms with Gasteiger partial charge in [0, 0.05) is 19.4 Å². The molecule has 4 atom stereocenters. The molecule has 1 N–H and O–H groups in total. The average Bonchev–Trinajstić information content (AvgIpc) is 2.72. The predicted molar refractivity (Wildman–Crippen MR) is 94.7 cm³/mol. The van der Waals surface area contributed by atoms with E-state index in [4.69, 9.17) is 14.2 Å². The lowest BCUT2D eigenvalue weighted by molar-refractivity contribution is -0.124. The monoisotopic (exact) mass is 354 g/mol. The van der Waals surface area contributed by atoms with Crippen molar-refractivity contribution in [2.45, 2.75) is 78.1 Å². The van der Waals surface area contributed by atoms with Gasteiger partial charge in [-0.05, 0) is 32.6 Å². The molecule has 0 bridgehead atoms. The highest BCUT2D eigenvalue weighted by Crippen LogP contribution is 2.39. The van der Waals surface area contributed by atoms with Gasteiger partial charge in [-0.1, -0.05) is 20.8 Å². The molecule has 1 unspecified atom stereocenters. The minimum atomic E-state index is -0.658. The van der Waals surface area contributed by atoms with Gasteiger partial charge in [0.2, 0.25) is 0 Å². The number of hydrogen-bond acceptors (Lipinski definition) is 5. The average molecular weight is 354 g/mol. The Labute approximate surface area is 148 Å². The SMILES string of the molecule is COC1[C@@H](OC(C)(C)C)[C@@H](CC(C)(C)C)O[C@H]1n1ccc(=O)[nH]c1=O. The molecule has 0 amide bonds. The molecule has 0 aliphatic carbocycles. The lowest BCUT2D eigenvalue weighted by Gasteiger charge is -2.32. The molecule has 2 rings (SSSR count). The summed E-state index contributed by atoms with van der Waals surface area (Å²) in [6, 6.07) is 1.30. The Hall–Kier alpha value is -1.44. The molecule has 25 heavy (non-hydrogen) atoms. The van der Waals surface area contributed by atoms with E-state index in [2.05, 4.69) is 25.8 Å². The summed E-state index contributed by atoms with van der Waals surface area (Å²) < 4.78 is 19.5. The molecular weight excluding hydrogens is 324 g/mol. The fraction of sp³-hybridized carbons (Fsp3) is 0.778. The smallest absolute Gasteiger partial charge is 0.330 e. The third kappa shape index (κ3) is 5.03. The highest BCUT2D eigenvalue weighted by Gasteiger charge is 2.49. The molecule has 0 saturated carbocycles. The molecule has 7 nitrogen and oxygen atoms in total. The normalized spacial score (nSPS) is 27.6. The molecule has 0 aromatic carbocycles. The highest BCUT2D eigenvalue weighted by molar-refractivity contribution is 4.96. The minimum absolute atomic E-state index is 0.0211. The number of H-pyrrole nitrogens is 1. The Morgan fingerprint density at radius 3 is 2.28 bits per heavy atom. The first-order chi connectivity index (χ1) is 11.4. The second-order valence-electron chi connectivity index (χ2n) is 8.74. The Bertz CT molecular complexity index is 695. The van der Waals surface area contributed by atoms with Crippen molar-refractivity contribution >= 4 is 0 Å². The van der Waals surface area contributed by atoms with Crippen molar-refractivity contribution in [2.75, 3.05) is 7.11 Å². The number of nitrogens with one attached hydrogen (secondary N) is 1. The first-order valence-corrected chi connectivity index (χ1v) is 8.59. The summed E-state index contributed by atoms with van der Waals surface area (Å²) in [7, 11) is 1.58. The van der Waals surface area contributed by atoms with Gasteiger partial charge in [0.15, 0.2) is 6.23 Å². The van der Waals surface area contributed by atoms with Gasteiger partial charge in [-0.15, -0.1) is 0 Å². The van der Waals surface area contributed by atoms with Gasteiger partial charge in [-0.25, -0.2) is 4.79 Å². The van der Waals surface area contributed by atoms with Crippen LogP contribution in [0.15, 0.2) is 21.9 Å². The van der Waals surface area contributed by atoms with Gasteiger partial charge in [-0.3, -0.25) is 14.3 Å². The maximum Gasteiger partial charge on any atom is 0.330 e. The molecule has 142 valence electrons. The standard InChI is InChI=1S/C18H30N2O5/c1-17(2,3)10-11-13(25-18(4,5)6)14(23-7)15(24-11)20-9-8-12(21)19-16(20)22/h8-9,11,13-15H,10H2,1-7H3,(H,19,21,22)/t11-,13+,14?,15-/m1/s1. The molecule has 1 aliphatic heterocycles. The predicted octanol–water partition coefficient (Wildman–Crippen LogP) is 2.07. The number of aromatic nitrogens is 2. The summed E-state index contributed by atoms with van der Waals surface area (Å²) in [5.74, 6) is 0. The van der Waals surface area contributed by atoms with E-state index in [1.165, 1.54) is 16.8 Å². The minimum Gasteiger partial charge on any atom is -0.374 e. The van der Waals surface area contributed by atoms with Crippen molar-refractivity contribution < 1.29 is 14.2 Å². The zero-order valence-electron chi connectivity index (χ0n) is 16.2. The molecule has 0 radical (unpaired) electrons. The molecule has 0 spiro atoms. The van der Waals surface area contributed by atoms with Crippen LogP contribution >= 0.6 is 0 Å². The van der Waals surface area contributed by atoms with Crippen LogP contribution in [0.2, 0.25) is 0 Å². The first kappa shape index (κ1) is 19.9. The molecule has 7 heteroatoms. The summed E-state index contributed by atoms with van der Waals surface area (Å²) in [6.45, 7) is 12.3. The molecule has 1 aromatic heterocycles. The van der Waals surface area contributed by atoms with Crippen molar-refractivity contribution in [3.8, 4) is 0 Å². The van der Waals surface area contributed by atoms with E-state index in [1.54, 1.807) is 7.11 Å². The van der Waals surface area contributed by atoms with Crippen LogP contribution in [0.3, 0.4) is 0 Å². The maximum atomic E-state index is 12.2. The highest BCUT2D eigenvalue weighted by atomic mass is 16.6. The first-order valence-electron chi connectivity index (χ1n) is 8.59. The second-order valence-corrected chi connectivity index (χ2v) is 8.74. The third-order valence-electron chi connectivity index (χ3n) is 3.99. The Balaban J connectivity index is 2.41. The zero-order chi connectivity index (χ0) is 19.0. The lowest BCUT2D eigenvalue weighted by Crippen LogP contribution is -2.43. The van der Waals surface area contributed by atoms with Crippen LogP contribution in [0.4, 0.5) is 0 Å². The topological polar surface area (TPSA) is 82.6 Å². The number of ether oxygens (including phenoxy) is 3. The zero-order valence-corrected chi connectivity index (χ0v) is 16.2. The molecule has 1 aliphatic rings. The van der Waals surface area contributed by atoms with Crippen LogP contribution in [0.5, 0.6) is 0 Å². The fourth-order valence-electron chi connectivity index (χ4n) is 3.13. The van der Waals surface area contributed by atoms with Crippen LogP contribution < -0.4 is 11.2 Å².